The minimum Gasteiger partial charge on any atom is -0.508 e. The molecular weight excluding hydrogens is 314 g/mol. The molecular formula is C21H25NO3. The van der Waals surface area contributed by atoms with Gasteiger partial charge in [-0.2, -0.15) is 0 Å². The number of benzene rings is 2. The Morgan fingerprint density at radius 2 is 1.88 bits per heavy atom. The molecule has 1 saturated heterocycles. The predicted octanol–water partition coefficient (Wildman–Crippen LogP) is 4.13. The molecule has 1 fully saturated rings. The summed E-state index contributed by atoms with van der Waals surface area (Å²) in [6, 6.07) is 15.4. The first-order valence-corrected chi connectivity index (χ1v) is 8.81. The van der Waals surface area contributed by atoms with Crippen LogP contribution in [0.15, 0.2) is 48.5 Å². The van der Waals surface area contributed by atoms with Gasteiger partial charge in [0.25, 0.3) is 0 Å². The van der Waals surface area contributed by atoms with E-state index in [0.29, 0.717) is 6.42 Å². The van der Waals surface area contributed by atoms with E-state index in [0.717, 1.165) is 30.9 Å². The molecule has 1 unspecified atom stereocenters. The van der Waals surface area contributed by atoms with Crippen molar-refractivity contribution in [3.8, 4) is 11.5 Å². The first kappa shape index (κ1) is 17.3. The number of anilines is 1. The van der Waals surface area contributed by atoms with E-state index in [1.807, 2.05) is 24.3 Å². The lowest BCUT2D eigenvalue weighted by atomic mass is 9.96. The van der Waals surface area contributed by atoms with Crippen molar-refractivity contribution in [3.05, 3.63) is 54.1 Å². The molecule has 1 heterocycles. The Morgan fingerprint density at radius 3 is 2.52 bits per heavy atom. The number of phenolic OH excluding ortho intramolecular Hbond substituents is 1. The normalized spacial score (nSPS) is 18.2. The van der Waals surface area contributed by atoms with Gasteiger partial charge in [0, 0.05) is 25.1 Å². The Hall–Kier alpha value is -2.49. The van der Waals surface area contributed by atoms with Crippen LogP contribution in [-0.4, -0.2) is 30.1 Å². The van der Waals surface area contributed by atoms with Crippen LogP contribution in [0.1, 0.15) is 38.2 Å². The summed E-state index contributed by atoms with van der Waals surface area (Å²) in [4.78, 5) is 13.5. The van der Waals surface area contributed by atoms with Crippen LogP contribution >= 0.6 is 0 Å². The van der Waals surface area contributed by atoms with Gasteiger partial charge >= 0.3 is 0 Å². The van der Waals surface area contributed by atoms with Gasteiger partial charge in [0.05, 0.1) is 6.54 Å². The second-order valence-electron chi connectivity index (χ2n) is 6.87. The molecule has 4 nitrogen and oxygen atoms in total. The lowest BCUT2D eigenvalue weighted by Gasteiger charge is -2.19. The van der Waals surface area contributed by atoms with E-state index in [2.05, 4.69) is 24.0 Å². The van der Waals surface area contributed by atoms with Crippen LogP contribution in [0.25, 0.3) is 0 Å². The molecule has 25 heavy (non-hydrogen) atoms. The number of nitrogens with zero attached hydrogens (tertiary/aromatic N) is 1. The van der Waals surface area contributed by atoms with Crippen molar-refractivity contribution >= 4 is 11.5 Å². The van der Waals surface area contributed by atoms with Gasteiger partial charge in [-0.3, -0.25) is 0 Å². The fraction of sp³-hybridized carbons (Fsp3) is 0.381. The molecule has 4 heteroatoms. The van der Waals surface area contributed by atoms with E-state index in [9.17, 15) is 9.90 Å². The van der Waals surface area contributed by atoms with Crippen LogP contribution < -0.4 is 9.64 Å². The Bertz CT molecular complexity index is 709. The maximum absolute atomic E-state index is 11.2. The van der Waals surface area contributed by atoms with E-state index in [1.165, 1.54) is 5.56 Å². The number of carbonyl (C=O) groups excluding carboxylic acids is 1. The standard InChI is InChI=1S/C21H25NO3/c1-15(13-16(2)23)17-3-9-20(10-4-17)25-21-11-12-22(14-21)18-5-7-19(24)8-6-18/h3-10,15,21,24H,11-14H2,1-2H3/t15-,21?/m1/s1. The summed E-state index contributed by atoms with van der Waals surface area (Å²) in [6.45, 7) is 5.49. The molecule has 0 radical (unpaired) electrons. The Balaban J connectivity index is 1.56. The second kappa shape index (κ2) is 7.60. The summed E-state index contributed by atoms with van der Waals surface area (Å²) in [5, 5.41) is 9.39. The van der Waals surface area contributed by atoms with Crippen molar-refractivity contribution in [3.63, 3.8) is 0 Å². The average molecular weight is 339 g/mol. The highest BCUT2D eigenvalue weighted by molar-refractivity contribution is 5.76. The van der Waals surface area contributed by atoms with E-state index >= 15 is 0 Å². The molecule has 1 N–H and O–H groups in total. The number of hydrogen-bond donors (Lipinski definition) is 1. The third-order valence-electron chi connectivity index (χ3n) is 4.71. The second-order valence-corrected chi connectivity index (χ2v) is 6.87. The SMILES string of the molecule is CC(=O)C[C@@H](C)c1ccc(OC2CCN(c3ccc(O)cc3)C2)cc1. The van der Waals surface area contributed by atoms with Crippen molar-refractivity contribution in [1.82, 2.24) is 0 Å². The fourth-order valence-corrected chi connectivity index (χ4v) is 3.34. The summed E-state index contributed by atoms with van der Waals surface area (Å²) >= 11 is 0. The highest BCUT2D eigenvalue weighted by atomic mass is 16.5. The summed E-state index contributed by atoms with van der Waals surface area (Å²) in [5.74, 6) is 1.61. The molecule has 2 aromatic rings. The van der Waals surface area contributed by atoms with Crippen molar-refractivity contribution in [2.75, 3.05) is 18.0 Å². The van der Waals surface area contributed by atoms with Crippen LogP contribution in [0.2, 0.25) is 0 Å². The molecule has 2 aromatic carbocycles. The number of Topliss-reactive ketones (excluding diaryl/α,β-unsaturated/α-hetero) is 1. The van der Waals surface area contributed by atoms with Crippen molar-refractivity contribution in [2.24, 2.45) is 0 Å². The predicted molar refractivity (Wildman–Crippen MR) is 99.5 cm³/mol. The summed E-state index contributed by atoms with van der Waals surface area (Å²) in [6.07, 6.45) is 1.71. The molecule has 132 valence electrons. The number of carbonyl (C=O) groups is 1. The molecule has 0 bridgehead atoms. The fourth-order valence-electron chi connectivity index (χ4n) is 3.34. The zero-order valence-corrected chi connectivity index (χ0v) is 14.8. The molecule has 0 aromatic heterocycles. The van der Waals surface area contributed by atoms with Gasteiger partial charge in [-0.05, 0) is 54.8 Å². The lowest BCUT2D eigenvalue weighted by molar-refractivity contribution is -0.117. The monoisotopic (exact) mass is 339 g/mol. The average Bonchev–Trinajstić information content (AvgIpc) is 3.04. The lowest BCUT2D eigenvalue weighted by Crippen LogP contribution is -2.24. The van der Waals surface area contributed by atoms with Crippen LogP contribution in [0.5, 0.6) is 11.5 Å². The van der Waals surface area contributed by atoms with E-state index in [1.54, 1.807) is 19.1 Å². The zero-order valence-electron chi connectivity index (χ0n) is 14.8. The minimum atomic E-state index is 0.161. The van der Waals surface area contributed by atoms with E-state index in [-0.39, 0.29) is 23.6 Å². The molecule has 0 spiro atoms. The van der Waals surface area contributed by atoms with Gasteiger partial charge < -0.3 is 19.5 Å². The molecule has 3 rings (SSSR count). The van der Waals surface area contributed by atoms with Crippen molar-refractivity contribution in [1.29, 1.82) is 0 Å². The first-order chi connectivity index (χ1) is 12.0. The van der Waals surface area contributed by atoms with E-state index < -0.39 is 0 Å². The van der Waals surface area contributed by atoms with Gasteiger partial charge in [-0.1, -0.05) is 19.1 Å². The van der Waals surface area contributed by atoms with Crippen LogP contribution in [0.4, 0.5) is 5.69 Å². The number of ketones is 1. The van der Waals surface area contributed by atoms with E-state index in [4.69, 9.17) is 4.74 Å². The Kier molecular flexibility index (Phi) is 5.27. The smallest absolute Gasteiger partial charge is 0.130 e. The number of hydrogen-bond acceptors (Lipinski definition) is 4. The number of aromatic hydroxyl groups is 1. The van der Waals surface area contributed by atoms with Crippen molar-refractivity contribution in [2.45, 2.75) is 38.7 Å². The van der Waals surface area contributed by atoms with Gasteiger partial charge in [-0.15, -0.1) is 0 Å². The maximum Gasteiger partial charge on any atom is 0.130 e. The molecule has 1 aliphatic rings. The van der Waals surface area contributed by atoms with Crippen molar-refractivity contribution < 1.29 is 14.6 Å². The molecule has 2 atom stereocenters. The topological polar surface area (TPSA) is 49.8 Å². The molecule has 0 amide bonds. The molecule has 0 saturated carbocycles. The summed E-state index contributed by atoms with van der Waals surface area (Å²) in [7, 11) is 0. The minimum absolute atomic E-state index is 0.161. The third kappa shape index (κ3) is 4.53. The summed E-state index contributed by atoms with van der Waals surface area (Å²) < 4.78 is 6.11. The molecule has 1 aliphatic heterocycles. The highest BCUT2D eigenvalue weighted by Crippen LogP contribution is 2.26. The van der Waals surface area contributed by atoms with Gasteiger partial charge in [0.2, 0.25) is 0 Å². The van der Waals surface area contributed by atoms with Gasteiger partial charge in [0.1, 0.15) is 23.4 Å². The maximum atomic E-state index is 11.2. The highest BCUT2D eigenvalue weighted by Gasteiger charge is 2.24. The van der Waals surface area contributed by atoms with Gasteiger partial charge in [-0.25, -0.2) is 0 Å². The quantitative estimate of drug-likeness (QED) is 0.859. The number of rotatable bonds is 6. The van der Waals surface area contributed by atoms with Crippen LogP contribution in [0.3, 0.4) is 0 Å². The number of phenols is 1. The summed E-state index contributed by atoms with van der Waals surface area (Å²) in [5.41, 5.74) is 2.27. The van der Waals surface area contributed by atoms with Crippen LogP contribution in [0, 0.1) is 0 Å². The first-order valence-electron chi connectivity index (χ1n) is 8.81. The molecule has 0 aliphatic carbocycles. The Morgan fingerprint density at radius 1 is 1.20 bits per heavy atom. The van der Waals surface area contributed by atoms with Crippen LogP contribution in [-0.2, 0) is 4.79 Å². The largest absolute Gasteiger partial charge is 0.508 e. The third-order valence-corrected chi connectivity index (χ3v) is 4.71. The van der Waals surface area contributed by atoms with Gasteiger partial charge in [0.15, 0.2) is 0 Å². The Labute approximate surface area is 149 Å². The number of ether oxygens (including phenoxy) is 1. The zero-order chi connectivity index (χ0) is 17.8.